The van der Waals surface area contributed by atoms with E-state index < -0.39 is 0 Å². The number of oxazole rings is 1. The zero-order valence-corrected chi connectivity index (χ0v) is 13.7. The van der Waals surface area contributed by atoms with E-state index in [1.807, 2.05) is 21.6 Å². The number of hydrogen-bond donors (Lipinski definition) is 0. The Morgan fingerprint density at radius 2 is 2.28 bits per heavy atom. The normalized spacial score (nSPS) is 18.5. The van der Waals surface area contributed by atoms with E-state index in [0.29, 0.717) is 17.1 Å². The van der Waals surface area contributed by atoms with Gasteiger partial charge in [-0.1, -0.05) is 0 Å². The van der Waals surface area contributed by atoms with Crippen molar-refractivity contribution in [2.75, 3.05) is 13.7 Å². The largest absolute Gasteiger partial charge is 0.497 e. The molecule has 2 aliphatic rings. The number of benzene rings is 1. The Morgan fingerprint density at radius 3 is 3.08 bits per heavy atom. The molecule has 0 saturated carbocycles. The Balaban J connectivity index is 1.80. The molecule has 0 radical (unpaired) electrons. The van der Waals surface area contributed by atoms with Crippen molar-refractivity contribution in [3.63, 3.8) is 0 Å². The Morgan fingerprint density at radius 1 is 1.36 bits per heavy atom. The molecule has 1 aromatic carbocycles. The van der Waals surface area contributed by atoms with Crippen LogP contribution in [-0.2, 0) is 0 Å². The molecule has 7 nitrogen and oxygen atoms in total. The van der Waals surface area contributed by atoms with Crippen molar-refractivity contribution in [1.82, 2.24) is 19.4 Å². The van der Waals surface area contributed by atoms with Crippen molar-refractivity contribution in [3.05, 3.63) is 48.4 Å². The molecule has 2 aliphatic heterocycles. The van der Waals surface area contributed by atoms with E-state index in [0.717, 1.165) is 36.5 Å². The van der Waals surface area contributed by atoms with Crippen LogP contribution in [0.3, 0.4) is 0 Å². The highest BCUT2D eigenvalue weighted by molar-refractivity contribution is 5.99. The molecule has 1 amide bonds. The van der Waals surface area contributed by atoms with E-state index >= 15 is 0 Å². The third kappa shape index (κ3) is 1.95. The minimum Gasteiger partial charge on any atom is -0.497 e. The van der Waals surface area contributed by atoms with Crippen molar-refractivity contribution in [3.8, 4) is 22.9 Å². The van der Waals surface area contributed by atoms with Gasteiger partial charge in [0, 0.05) is 6.54 Å². The summed E-state index contributed by atoms with van der Waals surface area (Å²) in [5.74, 6) is 1.32. The third-order valence-electron chi connectivity index (χ3n) is 4.99. The van der Waals surface area contributed by atoms with Gasteiger partial charge in [-0.25, -0.2) is 9.97 Å². The van der Waals surface area contributed by atoms with Gasteiger partial charge in [-0.2, -0.15) is 0 Å². The Kier molecular flexibility index (Phi) is 2.97. The van der Waals surface area contributed by atoms with Crippen LogP contribution in [0.4, 0.5) is 0 Å². The van der Waals surface area contributed by atoms with Crippen LogP contribution in [0.1, 0.15) is 34.9 Å². The first-order chi connectivity index (χ1) is 12.3. The van der Waals surface area contributed by atoms with Gasteiger partial charge in [-0.15, -0.1) is 0 Å². The van der Waals surface area contributed by atoms with Crippen molar-refractivity contribution < 1.29 is 13.9 Å². The molecule has 2 aromatic heterocycles. The number of methoxy groups -OCH3 is 1. The monoisotopic (exact) mass is 336 g/mol. The molecule has 0 spiro atoms. The van der Waals surface area contributed by atoms with Crippen molar-refractivity contribution in [2.24, 2.45) is 0 Å². The quantitative estimate of drug-likeness (QED) is 0.719. The first-order valence-electron chi connectivity index (χ1n) is 8.23. The van der Waals surface area contributed by atoms with E-state index in [-0.39, 0.29) is 11.9 Å². The number of hydrogen-bond acceptors (Lipinski definition) is 5. The minimum absolute atomic E-state index is 0.0199. The Labute approximate surface area is 143 Å². The topological polar surface area (TPSA) is 73.4 Å². The lowest BCUT2D eigenvalue weighted by molar-refractivity contribution is 0.0738. The first kappa shape index (κ1) is 14.3. The van der Waals surface area contributed by atoms with Crippen molar-refractivity contribution in [1.29, 1.82) is 0 Å². The summed E-state index contributed by atoms with van der Waals surface area (Å²) in [6, 6.07) is 5.55. The summed E-state index contributed by atoms with van der Waals surface area (Å²) >= 11 is 0. The summed E-state index contributed by atoms with van der Waals surface area (Å²) in [5.41, 5.74) is 3.16. The molecule has 126 valence electrons. The standard InChI is InChI=1S/C18H16N4O3/c1-24-11-4-5-13-12(7-11)18(23)21-6-2-3-14(21)17-16(20-9-22(13)17)15-8-19-10-25-15/h4-5,7-10,14H,2-3,6H2,1H3/t14-/m0/s1. The molecule has 5 rings (SSSR count). The van der Waals surface area contributed by atoms with Gasteiger partial charge in [-0.3, -0.25) is 9.36 Å². The number of carbonyl (C=O) groups is 1. The Bertz CT molecular complexity index is 961. The highest BCUT2D eigenvalue weighted by Crippen LogP contribution is 2.42. The van der Waals surface area contributed by atoms with Crippen LogP contribution in [-0.4, -0.2) is 39.0 Å². The Hall–Kier alpha value is -3.09. The van der Waals surface area contributed by atoms with Gasteiger partial charge >= 0.3 is 0 Å². The average molecular weight is 336 g/mol. The van der Waals surface area contributed by atoms with Gasteiger partial charge in [0.15, 0.2) is 12.2 Å². The molecule has 1 fully saturated rings. The SMILES string of the molecule is COc1ccc2c(c1)C(=O)N1CCC[C@H]1c1c(-c3cnco3)ncn1-2. The zero-order chi connectivity index (χ0) is 17.0. The van der Waals surface area contributed by atoms with E-state index in [1.54, 1.807) is 25.7 Å². The van der Waals surface area contributed by atoms with Gasteiger partial charge in [-0.05, 0) is 31.0 Å². The van der Waals surface area contributed by atoms with Crippen LogP contribution in [0.15, 0.2) is 41.5 Å². The fraction of sp³-hybridized carbons (Fsp3) is 0.278. The zero-order valence-electron chi connectivity index (χ0n) is 13.7. The molecule has 3 aromatic rings. The number of rotatable bonds is 2. The lowest BCUT2D eigenvalue weighted by atomic mass is 10.1. The second-order valence-corrected chi connectivity index (χ2v) is 6.25. The summed E-state index contributed by atoms with van der Waals surface area (Å²) in [6.07, 6.45) is 6.69. The molecular formula is C18H16N4O3. The van der Waals surface area contributed by atoms with E-state index in [9.17, 15) is 4.79 Å². The van der Waals surface area contributed by atoms with Crippen LogP contribution in [0.2, 0.25) is 0 Å². The summed E-state index contributed by atoms with van der Waals surface area (Å²) in [7, 11) is 1.60. The molecule has 0 unspecified atom stereocenters. The first-order valence-corrected chi connectivity index (χ1v) is 8.23. The number of amides is 1. The summed E-state index contributed by atoms with van der Waals surface area (Å²) in [6.45, 7) is 0.737. The van der Waals surface area contributed by atoms with Crippen LogP contribution < -0.4 is 4.74 Å². The molecule has 1 saturated heterocycles. The van der Waals surface area contributed by atoms with Gasteiger partial charge in [0.1, 0.15) is 17.8 Å². The van der Waals surface area contributed by atoms with Gasteiger partial charge in [0.2, 0.25) is 0 Å². The molecule has 0 aliphatic carbocycles. The molecule has 7 heteroatoms. The molecule has 1 atom stereocenters. The fourth-order valence-corrected chi connectivity index (χ4v) is 3.86. The average Bonchev–Trinajstić information content (AvgIpc) is 3.37. The second-order valence-electron chi connectivity index (χ2n) is 6.25. The number of nitrogens with zero attached hydrogens (tertiary/aromatic N) is 4. The van der Waals surface area contributed by atoms with Crippen LogP contribution >= 0.6 is 0 Å². The summed E-state index contributed by atoms with van der Waals surface area (Å²) in [4.78, 5) is 23.7. The lowest BCUT2D eigenvalue weighted by Crippen LogP contribution is -2.29. The predicted octanol–water partition coefficient (Wildman–Crippen LogP) is 2.83. The lowest BCUT2D eigenvalue weighted by Gasteiger charge is -2.22. The smallest absolute Gasteiger partial charge is 0.256 e. The van der Waals surface area contributed by atoms with E-state index in [1.165, 1.54) is 6.39 Å². The summed E-state index contributed by atoms with van der Waals surface area (Å²) in [5, 5.41) is 0. The van der Waals surface area contributed by atoms with Crippen molar-refractivity contribution >= 4 is 5.91 Å². The van der Waals surface area contributed by atoms with E-state index in [4.69, 9.17) is 9.15 Å². The molecule has 25 heavy (non-hydrogen) atoms. The van der Waals surface area contributed by atoms with Gasteiger partial charge < -0.3 is 14.1 Å². The maximum absolute atomic E-state index is 13.2. The van der Waals surface area contributed by atoms with Crippen LogP contribution in [0.25, 0.3) is 17.1 Å². The van der Waals surface area contributed by atoms with Crippen LogP contribution in [0, 0.1) is 0 Å². The molecule has 0 N–H and O–H groups in total. The summed E-state index contributed by atoms with van der Waals surface area (Å²) < 4.78 is 12.8. The van der Waals surface area contributed by atoms with Crippen LogP contribution in [0.5, 0.6) is 5.75 Å². The number of imidazole rings is 1. The number of ether oxygens (including phenoxy) is 1. The fourth-order valence-electron chi connectivity index (χ4n) is 3.86. The second kappa shape index (κ2) is 5.20. The number of aromatic nitrogens is 3. The highest BCUT2D eigenvalue weighted by Gasteiger charge is 2.39. The highest BCUT2D eigenvalue weighted by atomic mass is 16.5. The number of carbonyl (C=O) groups excluding carboxylic acids is 1. The van der Waals surface area contributed by atoms with Gasteiger partial charge in [0.25, 0.3) is 5.91 Å². The minimum atomic E-state index is -0.0199. The van der Waals surface area contributed by atoms with Gasteiger partial charge in [0.05, 0.1) is 36.3 Å². The molecule has 0 bridgehead atoms. The predicted molar refractivity (Wildman–Crippen MR) is 88.6 cm³/mol. The van der Waals surface area contributed by atoms with E-state index in [2.05, 4.69) is 9.97 Å². The molecule has 4 heterocycles. The molecular weight excluding hydrogens is 320 g/mol. The van der Waals surface area contributed by atoms with Crippen molar-refractivity contribution in [2.45, 2.75) is 18.9 Å². The third-order valence-corrected chi connectivity index (χ3v) is 4.99. The maximum atomic E-state index is 13.2. The maximum Gasteiger partial charge on any atom is 0.256 e. The number of fused-ring (bicyclic) bond motifs is 5.